The first-order chi connectivity index (χ1) is 10.2. The Morgan fingerprint density at radius 1 is 0.667 bits per heavy atom. The summed E-state index contributed by atoms with van der Waals surface area (Å²) in [4.78, 5) is 14.7. The fourth-order valence-electron chi connectivity index (χ4n) is 2.47. The van der Waals surface area contributed by atoms with Gasteiger partial charge in [0.15, 0.2) is 5.43 Å². The van der Waals surface area contributed by atoms with Crippen molar-refractivity contribution in [2.24, 2.45) is 0 Å². The summed E-state index contributed by atoms with van der Waals surface area (Å²) in [5, 5.41) is 0. The summed E-state index contributed by atoms with van der Waals surface area (Å²) in [5.41, 5.74) is 4.03. The average molecular weight is 292 g/mol. The van der Waals surface area contributed by atoms with Gasteiger partial charge >= 0.3 is 0 Å². The highest BCUT2D eigenvalue weighted by atomic mass is 32.1. The predicted octanol–water partition coefficient (Wildman–Crippen LogP) is 5.06. The molecule has 3 aromatic rings. The Labute approximate surface area is 128 Å². The Kier molecular flexibility index (Phi) is 3.72. The van der Waals surface area contributed by atoms with Crippen LogP contribution in [-0.2, 0) is 0 Å². The first-order valence-electron chi connectivity index (χ1n) is 6.93. The fraction of sp³-hybridized carbons (Fsp3) is 0.105. The highest BCUT2D eigenvalue weighted by Crippen LogP contribution is 2.35. The van der Waals surface area contributed by atoms with E-state index in [1.54, 1.807) is 11.3 Å². The zero-order valence-electron chi connectivity index (χ0n) is 12.1. The lowest BCUT2D eigenvalue weighted by Gasteiger charge is -2.11. The van der Waals surface area contributed by atoms with Crippen molar-refractivity contribution in [1.29, 1.82) is 0 Å². The minimum atomic E-state index is 0.145. The SMILES string of the molecule is Cc1c(-c2ccccc2)sc(-c2ccccc2)c(C)c1=O. The number of hydrogen-bond acceptors (Lipinski definition) is 2. The molecule has 0 saturated heterocycles. The highest BCUT2D eigenvalue weighted by Gasteiger charge is 2.14. The fourth-order valence-corrected chi connectivity index (χ4v) is 3.68. The van der Waals surface area contributed by atoms with Gasteiger partial charge in [0.05, 0.1) is 0 Å². The van der Waals surface area contributed by atoms with Crippen LogP contribution in [0.4, 0.5) is 0 Å². The second-order valence-corrected chi connectivity index (χ2v) is 6.09. The molecule has 0 N–H and O–H groups in total. The highest BCUT2D eigenvalue weighted by molar-refractivity contribution is 7.18. The molecule has 2 heteroatoms. The maximum absolute atomic E-state index is 12.6. The maximum atomic E-state index is 12.6. The molecule has 0 bridgehead atoms. The summed E-state index contributed by atoms with van der Waals surface area (Å²) in [7, 11) is 0. The minimum Gasteiger partial charge on any atom is -0.289 e. The first kappa shape index (κ1) is 13.8. The van der Waals surface area contributed by atoms with Crippen LogP contribution in [0.15, 0.2) is 65.5 Å². The van der Waals surface area contributed by atoms with E-state index in [4.69, 9.17) is 0 Å². The molecule has 21 heavy (non-hydrogen) atoms. The zero-order chi connectivity index (χ0) is 14.8. The monoisotopic (exact) mass is 292 g/mol. The molecule has 0 aliphatic rings. The minimum absolute atomic E-state index is 0.145. The lowest BCUT2D eigenvalue weighted by atomic mass is 10.1. The largest absolute Gasteiger partial charge is 0.289 e. The molecule has 0 atom stereocenters. The summed E-state index contributed by atoms with van der Waals surface area (Å²) in [6, 6.07) is 20.3. The Bertz CT molecular complexity index is 751. The van der Waals surface area contributed by atoms with Crippen LogP contribution >= 0.6 is 11.3 Å². The van der Waals surface area contributed by atoms with E-state index in [-0.39, 0.29) is 5.43 Å². The van der Waals surface area contributed by atoms with E-state index in [2.05, 4.69) is 24.3 Å². The number of hydrogen-bond donors (Lipinski definition) is 0. The van der Waals surface area contributed by atoms with Crippen molar-refractivity contribution in [3.8, 4) is 20.9 Å². The zero-order valence-corrected chi connectivity index (χ0v) is 12.9. The summed E-state index contributed by atoms with van der Waals surface area (Å²) in [6.07, 6.45) is 0. The second kappa shape index (κ2) is 5.66. The smallest absolute Gasteiger partial charge is 0.187 e. The van der Waals surface area contributed by atoms with Crippen molar-refractivity contribution in [2.45, 2.75) is 13.8 Å². The van der Waals surface area contributed by atoms with Crippen LogP contribution < -0.4 is 5.43 Å². The van der Waals surface area contributed by atoms with Crippen molar-refractivity contribution in [2.75, 3.05) is 0 Å². The molecule has 0 unspecified atom stereocenters. The Hall–Kier alpha value is -2.19. The molecule has 1 aromatic heterocycles. The van der Waals surface area contributed by atoms with E-state index in [0.717, 1.165) is 32.0 Å². The van der Waals surface area contributed by atoms with Crippen LogP contribution in [0.5, 0.6) is 0 Å². The van der Waals surface area contributed by atoms with Crippen LogP contribution in [0.2, 0.25) is 0 Å². The van der Waals surface area contributed by atoms with Gasteiger partial charge in [-0.25, -0.2) is 0 Å². The molecule has 3 rings (SSSR count). The molecular weight excluding hydrogens is 276 g/mol. The molecule has 1 heterocycles. The number of benzene rings is 2. The normalized spacial score (nSPS) is 10.6. The summed E-state index contributed by atoms with van der Waals surface area (Å²) < 4.78 is 0. The third-order valence-corrected chi connectivity index (χ3v) is 5.13. The van der Waals surface area contributed by atoms with Gasteiger partial charge in [-0.2, -0.15) is 0 Å². The van der Waals surface area contributed by atoms with E-state index in [1.807, 2.05) is 50.2 Å². The topological polar surface area (TPSA) is 17.1 Å². The van der Waals surface area contributed by atoms with Crippen LogP contribution in [0.3, 0.4) is 0 Å². The van der Waals surface area contributed by atoms with E-state index >= 15 is 0 Å². The molecule has 104 valence electrons. The van der Waals surface area contributed by atoms with E-state index in [0.29, 0.717) is 0 Å². The van der Waals surface area contributed by atoms with E-state index in [1.165, 1.54) is 0 Å². The van der Waals surface area contributed by atoms with E-state index < -0.39 is 0 Å². The van der Waals surface area contributed by atoms with E-state index in [9.17, 15) is 4.79 Å². The Balaban J connectivity index is 2.29. The van der Waals surface area contributed by atoms with Crippen molar-refractivity contribution in [3.05, 3.63) is 82.0 Å². The molecular formula is C19H16OS. The van der Waals surface area contributed by atoms with Crippen molar-refractivity contribution < 1.29 is 0 Å². The standard InChI is InChI=1S/C19H16OS/c1-13-17(20)14(2)19(16-11-7-4-8-12-16)21-18(13)15-9-5-3-6-10-15/h3-12H,1-2H3. The molecule has 0 saturated carbocycles. The summed E-state index contributed by atoms with van der Waals surface area (Å²) >= 11 is 1.70. The van der Waals surface area contributed by atoms with Crippen molar-refractivity contribution >= 4 is 11.3 Å². The van der Waals surface area contributed by atoms with Crippen LogP contribution in [0.25, 0.3) is 20.9 Å². The van der Waals surface area contributed by atoms with Gasteiger partial charge in [-0.05, 0) is 25.0 Å². The Morgan fingerprint density at radius 2 is 1.05 bits per heavy atom. The van der Waals surface area contributed by atoms with Crippen molar-refractivity contribution in [1.82, 2.24) is 0 Å². The van der Waals surface area contributed by atoms with Gasteiger partial charge in [0, 0.05) is 20.9 Å². The summed E-state index contributed by atoms with van der Waals surface area (Å²) in [6.45, 7) is 3.84. The maximum Gasteiger partial charge on any atom is 0.187 e. The molecule has 0 spiro atoms. The van der Waals surface area contributed by atoms with Crippen LogP contribution in [0.1, 0.15) is 11.1 Å². The molecule has 0 aliphatic carbocycles. The van der Waals surface area contributed by atoms with Gasteiger partial charge in [0.25, 0.3) is 0 Å². The lowest BCUT2D eigenvalue weighted by molar-refractivity contribution is 1.35. The molecule has 0 amide bonds. The molecule has 2 aromatic carbocycles. The number of rotatable bonds is 2. The molecule has 0 aliphatic heterocycles. The van der Waals surface area contributed by atoms with Gasteiger partial charge in [-0.15, -0.1) is 11.3 Å². The predicted molar refractivity (Wildman–Crippen MR) is 90.9 cm³/mol. The molecule has 0 fully saturated rings. The van der Waals surface area contributed by atoms with Gasteiger partial charge < -0.3 is 0 Å². The average Bonchev–Trinajstić information content (AvgIpc) is 2.55. The quantitative estimate of drug-likeness (QED) is 0.645. The third kappa shape index (κ3) is 2.55. The second-order valence-electron chi connectivity index (χ2n) is 5.07. The van der Waals surface area contributed by atoms with Gasteiger partial charge in [0.1, 0.15) is 0 Å². The summed E-state index contributed by atoms with van der Waals surface area (Å²) in [5.74, 6) is 0. The lowest BCUT2D eigenvalue weighted by Crippen LogP contribution is -2.10. The van der Waals surface area contributed by atoms with Crippen LogP contribution in [-0.4, -0.2) is 0 Å². The van der Waals surface area contributed by atoms with Crippen LogP contribution in [0, 0.1) is 13.8 Å². The Morgan fingerprint density at radius 3 is 1.43 bits per heavy atom. The molecule has 0 radical (unpaired) electrons. The third-order valence-electron chi connectivity index (χ3n) is 3.64. The van der Waals surface area contributed by atoms with Gasteiger partial charge in [0.2, 0.25) is 0 Å². The first-order valence-corrected chi connectivity index (χ1v) is 7.75. The van der Waals surface area contributed by atoms with Crippen molar-refractivity contribution in [3.63, 3.8) is 0 Å². The van der Waals surface area contributed by atoms with Gasteiger partial charge in [-0.3, -0.25) is 4.79 Å². The van der Waals surface area contributed by atoms with Gasteiger partial charge in [-0.1, -0.05) is 60.7 Å². The molecule has 1 nitrogen and oxygen atoms in total.